The monoisotopic (exact) mass is 468 g/mol. The van der Waals surface area contributed by atoms with Crippen LogP contribution in [0.15, 0.2) is 47.2 Å². The third kappa shape index (κ3) is 4.06. The van der Waals surface area contributed by atoms with Crippen LogP contribution >= 0.6 is 22.9 Å². The molecule has 1 aliphatic heterocycles. The van der Waals surface area contributed by atoms with Crippen molar-refractivity contribution >= 4 is 45.6 Å². The molecule has 0 bridgehead atoms. The Labute approximate surface area is 193 Å². The smallest absolute Gasteiger partial charge is 0.239 e. The molecule has 4 heterocycles. The molecule has 1 fully saturated rings. The number of hydrogen-bond acceptors (Lipinski definition) is 8. The minimum absolute atomic E-state index is 0.0901. The van der Waals surface area contributed by atoms with Gasteiger partial charge in [-0.05, 0) is 36.8 Å². The van der Waals surface area contributed by atoms with Gasteiger partial charge in [0.05, 0.1) is 26.5 Å². The van der Waals surface area contributed by atoms with Crippen LogP contribution < -0.4 is 5.73 Å². The van der Waals surface area contributed by atoms with E-state index in [0.717, 1.165) is 33.6 Å². The molecule has 10 heteroatoms. The Balaban J connectivity index is 1.25. The standard InChI is InChI=1S/C22H21ClN6O2S/c1-13-22(30)29(10-14-2-3-16-17(8-14)25-12-26-21(16)24)7-6-28(13)11-15-9-18(31-27-15)19-4-5-20(23)32-19/h2-5,8-9,12-13H,6-7,10-11H2,1H3,(H2,24,25,26)/t13-/m0/s1. The molecule has 0 spiro atoms. The lowest BCUT2D eigenvalue weighted by Gasteiger charge is -2.38. The van der Waals surface area contributed by atoms with Crippen molar-refractivity contribution in [3.05, 3.63) is 58.3 Å². The maximum Gasteiger partial charge on any atom is 0.239 e. The molecule has 1 aromatic carbocycles. The first-order valence-electron chi connectivity index (χ1n) is 10.2. The lowest BCUT2D eigenvalue weighted by atomic mass is 10.1. The molecule has 3 aromatic heterocycles. The number of thiophene rings is 1. The van der Waals surface area contributed by atoms with Crippen molar-refractivity contribution in [2.75, 3.05) is 18.8 Å². The Kier molecular flexibility index (Phi) is 5.54. The Morgan fingerprint density at radius 3 is 2.88 bits per heavy atom. The van der Waals surface area contributed by atoms with Gasteiger partial charge in [-0.3, -0.25) is 9.69 Å². The second-order valence-corrected chi connectivity index (χ2v) is 9.52. The first-order chi connectivity index (χ1) is 15.5. The topological polar surface area (TPSA) is 101 Å². The normalized spacial score (nSPS) is 17.4. The summed E-state index contributed by atoms with van der Waals surface area (Å²) in [5.41, 5.74) is 8.50. The zero-order valence-electron chi connectivity index (χ0n) is 17.4. The van der Waals surface area contributed by atoms with E-state index in [1.165, 1.54) is 17.7 Å². The van der Waals surface area contributed by atoms with Crippen molar-refractivity contribution in [3.63, 3.8) is 0 Å². The van der Waals surface area contributed by atoms with E-state index < -0.39 is 0 Å². The number of hydrogen-bond donors (Lipinski definition) is 1. The zero-order chi connectivity index (χ0) is 22.2. The average Bonchev–Trinajstić information content (AvgIpc) is 3.42. The number of fused-ring (bicyclic) bond motifs is 1. The zero-order valence-corrected chi connectivity index (χ0v) is 18.9. The second kappa shape index (κ2) is 8.50. The van der Waals surface area contributed by atoms with Crippen molar-refractivity contribution in [2.24, 2.45) is 0 Å². The van der Waals surface area contributed by atoms with E-state index in [0.29, 0.717) is 35.5 Å². The summed E-state index contributed by atoms with van der Waals surface area (Å²) in [5.74, 6) is 1.24. The van der Waals surface area contributed by atoms with Gasteiger partial charge in [0.25, 0.3) is 0 Å². The summed E-state index contributed by atoms with van der Waals surface area (Å²) in [4.78, 5) is 26.3. The average molecular weight is 469 g/mol. The van der Waals surface area contributed by atoms with Crippen LogP contribution in [0.1, 0.15) is 18.2 Å². The van der Waals surface area contributed by atoms with Crippen molar-refractivity contribution < 1.29 is 9.32 Å². The number of nitrogens with zero attached hydrogens (tertiary/aromatic N) is 5. The number of benzene rings is 1. The molecule has 164 valence electrons. The molecule has 5 rings (SSSR count). The summed E-state index contributed by atoms with van der Waals surface area (Å²) in [6.45, 7) is 4.41. The lowest BCUT2D eigenvalue weighted by Crippen LogP contribution is -2.54. The van der Waals surface area contributed by atoms with Crippen molar-refractivity contribution in [3.8, 4) is 10.6 Å². The highest BCUT2D eigenvalue weighted by molar-refractivity contribution is 7.19. The summed E-state index contributed by atoms with van der Waals surface area (Å²) in [5, 5.41) is 5.00. The van der Waals surface area contributed by atoms with E-state index in [1.807, 2.05) is 48.2 Å². The maximum absolute atomic E-state index is 13.1. The van der Waals surface area contributed by atoms with Gasteiger partial charge in [0, 0.05) is 37.6 Å². The van der Waals surface area contributed by atoms with Gasteiger partial charge >= 0.3 is 0 Å². The molecule has 0 saturated carbocycles. The molecule has 1 atom stereocenters. The number of nitrogens with two attached hydrogens (primary N) is 1. The van der Waals surface area contributed by atoms with Crippen LogP contribution in [0.25, 0.3) is 21.5 Å². The molecule has 1 amide bonds. The van der Waals surface area contributed by atoms with E-state index >= 15 is 0 Å². The largest absolute Gasteiger partial charge is 0.383 e. The Morgan fingerprint density at radius 1 is 1.19 bits per heavy atom. The Hall–Kier alpha value is -3.01. The second-order valence-electron chi connectivity index (χ2n) is 7.80. The van der Waals surface area contributed by atoms with Crippen LogP contribution in [-0.2, 0) is 17.9 Å². The van der Waals surface area contributed by atoms with Gasteiger partial charge in [-0.15, -0.1) is 11.3 Å². The van der Waals surface area contributed by atoms with Gasteiger partial charge in [-0.25, -0.2) is 9.97 Å². The fourth-order valence-electron chi connectivity index (χ4n) is 3.95. The molecule has 0 radical (unpaired) electrons. The maximum atomic E-state index is 13.1. The molecule has 8 nitrogen and oxygen atoms in total. The van der Waals surface area contributed by atoms with Crippen LogP contribution in [0.5, 0.6) is 0 Å². The third-order valence-corrected chi connectivity index (χ3v) is 6.96. The van der Waals surface area contributed by atoms with Gasteiger partial charge < -0.3 is 15.2 Å². The van der Waals surface area contributed by atoms with Crippen molar-refractivity contribution in [1.82, 2.24) is 24.9 Å². The van der Waals surface area contributed by atoms with Crippen molar-refractivity contribution in [1.29, 1.82) is 0 Å². The summed E-state index contributed by atoms with van der Waals surface area (Å²) < 4.78 is 6.18. The first kappa shape index (κ1) is 20.9. The van der Waals surface area contributed by atoms with Crippen LogP contribution in [0.4, 0.5) is 5.82 Å². The quantitative estimate of drug-likeness (QED) is 0.475. The highest BCUT2D eigenvalue weighted by Gasteiger charge is 2.32. The predicted octanol–water partition coefficient (Wildman–Crippen LogP) is 3.81. The highest BCUT2D eigenvalue weighted by Crippen LogP contribution is 2.31. The number of nitrogen functional groups attached to an aromatic ring is 1. The van der Waals surface area contributed by atoms with Gasteiger partial charge in [0.15, 0.2) is 5.76 Å². The molecule has 0 unspecified atom stereocenters. The number of halogens is 1. The van der Waals surface area contributed by atoms with Gasteiger partial charge in [0.2, 0.25) is 5.91 Å². The van der Waals surface area contributed by atoms with Crippen LogP contribution in [0, 0.1) is 0 Å². The van der Waals surface area contributed by atoms with Crippen LogP contribution in [0.3, 0.4) is 0 Å². The minimum atomic E-state index is -0.251. The van der Waals surface area contributed by atoms with E-state index in [9.17, 15) is 4.79 Å². The number of aromatic nitrogens is 3. The highest BCUT2D eigenvalue weighted by atomic mass is 35.5. The summed E-state index contributed by atoms with van der Waals surface area (Å²) in [7, 11) is 0. The fourth-order valence-corrected chi connectivity index (χ4v) is 4.94. The van der Waals surface area contributed by atoms with Gasteiger partial charge in [-0.2, -0.15) is 0 Å². The SMILES string of the molecule is C[C@H]1C(=O)N(Cc2ccc3c(N)ncnc3c2)CCN1Cc1cc(-c2ccc(Cl)s2)on1. The lowest BCUT2D eigenvalue weighted by molar-refractivity contribution is -0.142. The molecule has 4 aromatic rings. The first-order valence-corrected chi connectivity index (χ1v) is 11.4. The third-order valence-electron chi connectivity index (χ3n) is 5.72. The molecule has 0 aliphatic carbocycles. The molecule has 2 N–H and O–H groups in total. The van der Waals surface area contributed by atoms with Gasteiger partial charge in [-0.1, -0.05) is 22.8 Å². The molecular formula is C22H21ClN6O2S. The number of piperazine rings is 1. The van der Waals surface area contributed by atoms with Crippen LogP contribution in [-0.4, -0.2) is 50.0 Å². The van der Waals surface area contributed by atoms with E-state index in [1.54, 1.807) is 0 Å². The number of carbonyl (C=O) groups is 1. The molecule has 32 heavy (non-hydrogen) atoms. The Morgan fingerprint density at radius 2 is 2.06 bits per heavy atom. The molecular weight excluding hydrogens is 448 g/mol. The number of amides is 1. The minimum Gasteiger partial charge on any atom is -0.383 e. The van der Waals surface area contributed by atoms with E-state index in [2.05, 4.69) is 20.0 Å². The fraction of sp³-hybridized carbons (Fsp3) is 0.273. The van der Waals surface area contributed by atoms with Crippen molar-refractivity contribution in [2.45, 2.75) is 26.1 Å². The molecule has 1 saturated heterocycles. The number of carbonyl (C=O) groups excluding carboxylic acids is 1. The predicted molar refractivity (Wildman–Crippen MR) is 124 cm³/mol. The van der Waals surface area contributed by atoms with E-state index in [4.69, 9.17) is 21.9 Å². The van der Waals surface area contributed by atoms with E-state index in [-0.39, 0.29) is 11.9 Å². The Bertz CT molecular complexity index is 1290. The summed E-state index contributed by atoms with van der Waals surface area (Å²) >= 11 is 7.46. The summed E-state index contributed by atoms with van der Waals surface area (Å²) in [6, 6.07) is 11.3. The number of anilines is 1. The van der Waals surface area contributed by atoms with Crippen LogP contribution in [0.2, 0.25) is 4.34 Å². The number of rotatable bonds is 5. The van der Waals surface area contributed by atoms with Gasteiger partial charge in [0.1, 0.15) is 12.1 Å². The summed E-state index contributed by atoms with van der Waals surface area (Å²) in [6.07, 6.45) is 1.45. The molecule has 1 aliphatic rings.